The van der Waals surface area contributed by atoms with E-state index in [9.17, 15) is 4.79 Å². The molecule has 1 aliphatic carbocycles. The van der Waals surface area contributed by atoms with Crippen molar-refractivity contribution < 1.29 is 4.79 Å². The standard InChI is InChI=1S/C12H13BrClNO/c13-9-5-6-10(14)11(7-9)15-12(16)8-3-1-2-4-8/h5-8H,1-4H2,(H,15,16). The van der Waals surface area contributed by atoms with Crippen molar-refractivity contribution in [1.29, 1.82) is 0 Å². The minimum atomic E-state index is 0.0949. The molecule has 86 valence electrons. The van der Waals surface area contributed by atoms with Crippen molar-refractivity contribution in [2.75, 3.05) is 5.32 Å². The molecule has 1 saturated carbocycles. The molecule has 2 rings (SSSR count). The summed E-state index contributed by atoms with van der Waals surface area (Å²) in [6.07, 6.45) is 4.31. The van der Waals surface area contributed by atoms with Crippen LogP contribution in [0, 0.1) is 5.92 Å². The summed E-state index contributed by atoms with van der Waals surface area (Å²) in [4.78, 5) is 11.9. The maximum absolute atomic E-state index is 11.9. The van der Waals surface area contributed by atoms with Crippen molar-refractivity contribution in [3.05, 3.63) is 27.7 Å². The second-order valence-electron chi connectivity index (χ2n) is 4.09. The van der Waals surface area contributed by atoms with Crippen LogP contribution in [0.2, 0.25) is 5.02 Å². The van der Waals surface area contributed by atoms with Gasteiger partial charge in [-0.3, -0.25) is 4.79 Å². The first kappa shape index (κ1) is 11.9. The Morgan fingerprint density at radius 2 is 2.06 bits per heavy atom. The largest absolute Gasteiger partial charge is 0.324 e. The maximum atomic E-state index is 11.9. The fraction of sp³-hybridized carbons (Fsp3) is 0.417. The molecule has 0 heterocycles. The Bertz CT molecular complexity index is 402. The van der Waals surface area contributed by atoms with E-state index in [0.29, 0.717) is 10.7 Å². The molecule has 0 unspecified atom stereocenters. The van der Waals surface area contributed by atoms with Gasteiger partial charge in [0.15, 0.2) is 0 Å². The third-order valence-corrected chi connectivity index (χ3v) is 3.74. The van der Waals surface area contributed by atoms with Gasteiger partial charge in [-0.1, -0.05) is 40.4 Å². The highest BCUT2D eigenvalue weighted by Crippen LogP contribution is 2.29. The number of carbonyl (C=O) groups is 1. The van der Waals surface area contributed by atoms with Crippen molar-refractivity contribution in [1.82, 2.24) is 0 Å². The van der Waals surface area contributed by atoms with Gasteiger partial charge in [-0.05, 0) is 31.0 Å². The molecule has 0 aromatic heterocycles. The molecule has 0 bridgehead atoms. The van der Waals surface area contributed by atoms with Gasteiger partial charge in [-0.2, -0.15) is 0 Å². The van der Waals surface area contributed by atoms with E-state index >= 15 is 0 Å². The fourth-order valence-corrected chi connectivity index (χ4v) is 2.54. The molecule has 0 saturated heterocycles. The first-order valence-corrected chi connectivity index (χ1v) is 6.60. The third kappa shape index (κ3) is 2.77. The van der Waals surface area contributed by atoms with E-state index in [1.165, 1.54) is 0 Å². The molecule has 1 aromatic carbocycles. The zero-order chi connectivity index (χ0) is 11.5. The quantitative estimate of drug-likeness (QED) is 0.870. The summed E-state index contributed by atoms with van der Waals surface area (Å²) in [5, 5.41) is 3.47. The van der Waals surface area contributed by atoms with Gasteiger partial charge in [0.2, 0.25) is 5.91 Å². The number of carbonyl (C=O) groups excluding carboxylic acids is 1. The van der Waals surface area contributed by atoms with Crippen LogP contribution in [0.1, 0.15) is 25.7 Å². The van der Waals surface area contributed by atoms with Crippen molar-refractivity contribution >= 4 is 39.1 Å². The summed E-state index contributed by atoms with van der Waals surface area (Å²) in [5.41, 5.74) is 0.688. The van der Waals surface area contributed by atoms with E-state index < -0.39 is 0 Å². The molecule has 2 nitrogen and oxygen atoms in total. The second-order valence-corrected chi connectivity index (χ2v) is 5.42. The van der Waals surface area contributed by atoms with E-state index in [1.54, 1.807) is 6.07 Å². The molecule has 1 fully saturated rings. The Hall–Kier alpha value is -0.540. The third-order valence-electron chi connectivity index (χ3n) is 2.91. The predicted molar refractivity (Wildman–Crippen MR) is 69.7 cm³/mol. The number of amides is 1. The molecule has 1 aromatic rings. The Balaban J connectivity index is 2.07. The predicted octanol–water partition coefficient (Wildman–Crippen LogP) is 4.23. The monoisotopic (exact) mass is 301 g/mol. The molecule has 1 aliphatic rings. The van der Waals surface area contributed by atoms with Crippen molar-refractivity contribution in [2.45, 2.75) is 25.7 Å². The first-order valence-electron chi connectivity index (χ1n) is 5.43. The molecule has 0 radical (unpaired) electrons. The van der Waals surface area contributed by atoms with E-state index in [-0.39, 0.29) is 11.8 Å². The summed E-state index contributed by atoms with van der Waals surface area (Å²) >= 11 is 9.37. The highest BCUT2D eigenvalue weighted by atomic mass is 79.9. The number of benzene rings is 1. The first-order chi connectivity index (χ1) is 7.66. The summed E-state index contributed by atoms with van der Waals surface area (Å²) in [6.45, 7) is 0. The minimum absolute atomic E-state index is 0.0949. The van der Waals surface area contributed by atoms with Crippen LogP contribution in [0.3, 0.4) is 0 Å². The normalized spacial score (nSPS) is 16.4. The number of hydrogen-bond donors (Lipinski definition) is 1. The molecule has 4 heteroatoms. The number of hydrogen-bond acceptors (Lipinski definition) is 1. The number of rotatable bonds is 2. The molecular weight excluding hydrogens is 289 g/mol. The van der Waals surface area contributed by atoms with Gasteiger partial charge in [0.05, 0.1) is 10.7 Å². The van der Waals surface area contributed by atoms with Crippen LogP contribution in [-0.2, 0) is 4.79 Å². The van der Waals surface area contributed by atoms with Crippen LogP contribution < -0.4 is 5.32 Å². The summed E-state index contributed by atoms with van der Waals surface area (Å²) in [6, 6.07) is 5.46. The number of nitrogens with one attached hydrogen (secondary N) is 1. The number of halogens is 2. The topological polar surface area (TPSA) is 29.1 Å². The average Bonchev–Trinajstić information content (AvgIpc) is 2.76. The van der Waals surface area contributed by atoms with Gasteiger partial charge in [0, 0.05) is 10.4 Å². The molecule has 1 N–H and O–H groups in total. The van der Waals surface area contributed by atoms with E-state index in [1.807, 2.05) is 12.1 Å². The fourth-order valence-electron chi connectivity index (χ4n) is 2.02. The van der Waals surface area contributed by atoms with Crippen LogP contribution in [0.25, 0.3) is 0 Å². The molecule has 0 aliphatic heterocycles. The van der Waals surface area contributed by atoms with Crippen LogP contribution >= 0.6 is 27.5 Å². The Labute approximate surface area is 108 Å². The highest BCUT2D eigenvalue weighted by molar-refractivity contribution is 9.10. The highest BCUT2D eigenvalue weighted by Gasteiger charge is 2.23. The Morgan fingerprint density at radius 1 is 1.38 bits per heavy atom. The molecule has 0 spiro atoms. The smallest absolute Gasteiger partial charge is 0.227 e. The lowest BCUT2D eigenvalue weighted by Crippen LogP contribution is -2.20. The zero-order valence-corrected chi connectivity index (χ0v) is 11.1. The SMILES string of the molecule is O=C(Nc1cc(Br)ccc1Cl)C1CCCC1. The van der Waals surface area contributed by atoms with Crippen LogP contribution in [0.15, 0.2) is 22.7 Å². The van der Waals surface area contributed by atoms with Gasteiger partial charge < -0.3 is 5.32 Å². The van der Waals surface area contributed by atoms with Gasteiger partial charge in [0.1, 0.15) is 0 Å². The van der Waals surface area contributed by atoms with E-state index in [2.05, 4.69) is 21.2 Å². The summed E-state index contributed by atoms with van der Waals surface area (Å²) < 4.78 is 0.915. The van der Waals surface area contributed by atoms with E-state index in [4.69, 9.17) is 11.6 Å². The Morgan fingerprint density at radius 3 is 2.75 bits per heavy atom. The average molecular weight is 303 g/mol. The van der Waals surface area contributed by atoms with Crippen LogP contribution in [0.5, 0.6) is 0 Å². The molecule has 1 amide bonds. The van der Waals surface area contributed by atoms with Crippen LogP contribution in [-0.4, -0.2) is 5.91 Å². The summed E-state index contributed by atoms with van der Waals surface area (Å²) in [7, 11) is 0. The van der Waals surface area contributed by atoms with Gasteiger partial charge in [-0.25, -0.2) is 0 Å². The summed E-state index contributed by atoms with van der Waals surface area (Å²) in [5.74, 6) is 0.257. The molecule has 16 heavy (non-hydrogen) atoms. The van der Waals surface area contributed by atoms with Gasteiger partial charge >= 0.3 is 0 Å². The number of anilines is 1. The second kappa shape index (κ2) is 5.19. The molecular formula is C12H13BrClNO. The lowest BCUT2D eigenvalue weighted by Gasteiger charge is -2.11. The minimum Gasteiger partial charge on any atom is -0.324 e. The Kier molecular flexibility index (Phi) is 3.87. The zero-order valence-electron chi connectivity index (χ0n) is 8.80. The lowest BCUT2D eigenvalue weighted by atomic mass is 10.1. The molecule has 0 atom stereocenters. The van der Waals surface area contributed by atoms with Crippen LogP contribution in [0.4, 0.5) is 5.69 Å². The van der Waals surface area contributed by atoms with Crippen molar-refractivity contribution in [3.63, 3.8) is 0 Å². The van der Waals surface area contributed by atoms with Crippen molar-refractivity contribution in [3.8, 4) is 0 Å². The van der Waals surface area contributed by atoms with Gasteiger partial charge in [-0.15, -0.1) is 0 Å². The van der Waals surface area contributed by atoms with Crippen molar-refractivity contribution in [2.24, 2.45) is 5.92 Å². The van der Waals surface area contributed by atoms with E-state index in [0.717, 1.165) is 30.2 Å². The van der Waals surface area contributed by atoms with Gasteiger partial charge in [0.25, 0.3) is 0 Å². The lowest BCUT2D eigenvalue weighted by molar-refractivity contribution is -0.119. The maximum Gasteiger partial charge on any atom is 0.227 e.